The van der Waals surface area contributed by atoms with Crippen molar-refractivity contribution in [2.75, 3.05) is 17.1 Å². The molecule has 2 aromatic rings. The van der Waals surface area contributed by atoms with E-state index in [1.54, 1.807) is 43.3 Å². The maximum Gasteiger partial charge on any atom is 0.242 e. The highest BCUT2D eigenvalue weighted by Crippen LogP contribution is 2.21. The summed E-state index contributed by atoms with van der Waals surface area (Å²) < 4.78 is 39.2. The first-order chi connectivity index (χ1) is 16.4. The summed E-state index contributed by atoms with van der Waals surface area (Å²) in [6, 6.07) is 11.3. The highest BCUT2D eigenvalue weighted by molar-refractivity contribution is 7.92. The molecule has 2 atom stereocenters. The summed E-state index contributed by atoms with van der Waals surface area (Å²) in [4.78, 5) is 27.4. The highest BCUT2D eigenvalue weighted by Gasteiger charge is 2.27. The molecule has 192 valence electrons. The zero-order chi connectivity index (χ0) is 26.2. The second-order valence-electron chi connectivity index (χ2n) is 8.56. The Morgan fingerprint density at radius 3 is 2.20 bits per heavy atom. The standard InChI is InChI=1S/C25H33ClFN3O4S/c1-5-18(2)28-25(32)19(3)29(17-20-8-12-22(27)13-9-20)24(31)7-6-16-30(35(4,33)34)23-14-10-21(26)11-15-23/h8-15,18-19H,5-7,16-17H2,1-4H3,(H,28,32)/t18-,19-/m1/s1. The molecule has 0 aliphatic heterocycles. The van der Waals surface area contributed by atoms with Crippen molar-refractivity contribution in [2.24, 2.45) is 0 Å². The zero-order valence-electron chi connectivity index (χ0n) is 20.5. The lowest BCUT2D eigenvalue weighted by atomic mass is 10.1. The molecular weight excluding hydrogens is 493 g/mol. The highest BCUT2D eigenvalue weighted by atomic mass is 35.5. The smallest absolute Gasteiger partial charge is 0.242 e. The molecule has 0 heterocycles. The topological polar surface area (TPSA) is 86.8 Å². The van der Waals surface area contributed by atoms with E-state index >= 15 is 0 Å². The van der Waals surface area contributed by atoms with Crippen molar-refractivity contribution in [1.29, 1.82) is 0 Å². The Kier molecular flexibility index (Phi) is 10.5. The summed E-state index contributed by atoms with van der Waals surface area (Å²) in [5, 5.41) is 3.37. The summed E-state index contributed by atoms with van der Waals surface area (Å²) in [7, 11) is -3.58. The molecule has 0 saturated heterocycles. The van der Waals surface area contributed by atoms with Gasteiger partial charge in [0.05, 0.1) is 11.9 Å². The van der Waals surface area contributed by atoms with Gasteiger partial charge in [-0.2, -0.15) is 0 Å². The van der Waals surface area contributed by atoms with Gasteiger partial charge in [0.2, 0.25) is 21.8 Å². The van der Waals surface area contributed by atoms with Crippen LogP contribution in [0.5, 0.6) is 0 Å². The summed E-state index contributed by atoms with van der Waals surface area (Å²) in [6.07, 6.45) is 2.12. The minimum absolute atomic E-state index is 0.0295. The molecule has 1 N–H and O–H groups in total. The number of sulfonamides is 1. The molecular formula is C25H33ClFN3O4S. The van der Waals surface area contributed by atoms with Crippen LogP contribution in [0.1, 0.15) is 45.6 Å². The number of nitrogens with one attached hydrogen (secondary N) is 1. The van der Waals surface area contributed by atoms with E-state index < -0.39 is 21.9 Å². The third-order valence-electron chi connectivity index (χ3n) is 5.70. The number of rotatable bonds is 12. The molecule has 2 aromatic carbocycles. The van der Waals surface area contributed by atoms with Crippen molar-refractivity contribution in [3.63, 3.8) is 0 Å². The lowest BCUT2D eigenvalue weighted by Gasteiger charge is -2.30. The zero-order valence-corrected chi connectivity index (χ0v) is 22.1. The van der Waals surface area contributed by atoms with E-state index in [0.717, 1.165) is 12.7 Å². The molecule has 0 saturated carbocycles. The fraction of sp³-hybridized carbons (Fsp3) is 0.440. The van der Waals surface area contributed by atoms with E-state index in [0.29, 0.717) is 16.3 Å². The Hall–Kier alpha value is -2.65. The molecule has 0 radical (unpaired) electrons. The van der Waals surface area contributed by atoms with Crippen LogP contribution in [0.2, 0.25) is 5.02 Å². The Morgan fingerprint density at radius 1 is 1.06 bits per heavy atom. The van der Waals surface area contributed by atoms with Crippen LogP contribution in [0.25, 0.3) is 0 Å². The van der Waals surface area contributed by atoms with E-state index in [9.17, 15) is 22.4 Å². The average Bonchev–Trinajstić information content (AvgIpc) is 2.80. The molecule has 0 spiro atoms. The van der Waals surface area contributed by atoms with Gasteiger partial charge in [0, 0.05) is 30.6 Å². The molecule has 2 rings (SSSR count). The van der Waals surface area contributed by atoms with Crippen LogP contribution in [0.3, 0.4) is 0 Å². The van der Waals surface area contributed by atoms with Gasteiger partial charge in [0.25, 0.3) is 0 Å². The summed E-state index contributed by atoms with van der Waals surface area (Å²) in [5.74, 6) is -0.975. The number of anilines is 1. The Labute approximate surface area is 212 Å². The Morgan fingerprint density at radius 2 is 1.66 bits per heavy atom. The minimum Gasteiger partial charge on any atom is -0.352 e. The maximum atomic E-state index is 13.3. The summed E-state index contributed by atoms with van der Waals surface area (Å²) in [6.45, 7) is 5.69. The molecule has 0 aliphatic rings. The Balaban J connectivity index is 2.15. The molecule has 10 heteroatoms. The minimum atomic E-state index is -3.58. The lowest BCUT2D eigenvalue weighted by molar-refractivity contribution is -0.140. The van der Waals surface area contributed by atoms with Crippen LogP contribution in [-0.4, -0.2) is 50.0 Å². The first-order valence-electron chi connectivity index (χ1n) is 11.5. The van der Waals surface area contributed by atoms with Crippen molar-refractivity contribution in [3.05, 3.63) is 64.9 Å². The van der Waals surface area contributed by atoms with Crippen LogP contribution >= 0.6 is 11.6 Å². The van der Waals surface area contributed by atoms with Crippen molar-refractivity contribution in [2.45, 2.75) is 58.7 Å². The van der Waals surface area contributed by atoms with Gasteiger partial charge >= 0.3 is 0 Å². The Bertz CT molecular complexity index is 1090. The van der Waals surface area contributed by atoms with Crippen LogP contribution in [0.4, 0.5) is 10.1 Å². The number of amides is 2. The van der Waals surface area contributed by atoms with Crippen molar-refractivity contribution in [3.8, 4) is 0 Å². The van der Waals surface area contributed by atoms with Gasteiger partial charge in [-0.15, -0.1) is 0 Å². The van der Waals surface area contributed by atoms with Gasteiger partial charge in [-0.05, 0) is 68.7 Å². The fourth-order valence-corrected chi connectivity index (χ4v) is 4.54. The third kappa shape index (κ3) is 8.81. The van der Waals surface area contributed by atoms with Gasteiger partial charge < -0.3 is 10.2 Å². The van der Waals surface area contributed by atoms with Gasteiger partial charge in [-0.25, -0.2) is 12.8 Å². The van der Waals surface area contributed by atoms with Gasteiger partial charge in [-0.1, -0.05) is 30.7 Å². The average molecular weight is 526 g/mol. The monoisotopic (exact) mass is 525 g/mol. The molecule has 2 amide bonds. The van der Waals surface area contributed by atoms with Crippen LogP contribution in [0, 0.1) is 5.82 Å². The van der Waals surface area contributed by atoms with E-state index in [4.69, 9.17) is 11.6 Å². The number of hydrogen-bond acceptors (Lipinski definition) is 4. The number of halogens is 2. The van der Waals surface area contributed by atoms with Gasteiger partial charge in [0.1, 0.15) is 11.9 Å². The molecule has 0 unspecified atom stereocenters. The summed E-state index contributed by atoms with van der Waals surface area (Å²) in [5.41, 5.74) is 1.13. The number of benzene rings is 2. The van der Waals surface area contributed by atoms with E-state index in [1.165, 1.54) is 21.3 Å². The molecule has 0 bridgehead atoms. The fourth-order valence-electron chi connectivity index (χ4n) is 3.45. The molecule has 35 heavy (non-hydrogen) atoms. The molecule has 0 aliphatic carbocycles. The second kappa shape index (κ2) is 12.9. The van der Waals surface area contributed by atoms with Crippen LogP contribution < -0.4 is 9.62 Å². The van der Waals surface area contributed by atoms with Crippen molar-refractivity contribution in [1.82, 2.24) is 10.2 Å². The third-order valence-corrected chi connectivity index (χ3v) is 7.15. The second-order valence-corrected chi connectivity index (χ2v) is 10.9. The first kappa shape index (κ1) is 28.6. The molecule has 7 nitrogen and oxygen atoms in total. The maximum absolute atomic E-state index is 13.3. The number of carbonyl (C=O) groups excluding carboxylic acids is 2. The van der Waals surface area contributed by atoms with Gasteiger partial charge in [0.15, 0.2) is 0 Å². The largest absolute Gasteiger partial charge is 0.352 e. The van der Waals surface area contributed by atoms with Crippen LogP contribution in [0.15, 0.2) is 48.5 Å². The predicted octanol–water partition coefficient (Wildman–Crippen LogP) is 4.36. The van der Waals surface area contributed by atoms with E-state index in [2.05, 4.69) is 5.32 Å². The van der Waals surface area contributed by atoms with Crippen molar-refractivity contribution >= 4 is 39.1 Å². The van der Waals surface area contributed by atoms with Crippen molar-refractivity contribution < 1.29 is 22.4 Å². The summed E-state index contributed by atoms with van der Waals surface area (Å²) >= 11 is 5.91. The first-order valence-corrected chi connectivity index (χ1v) is 13.7. The SMILES string of the molecule is CC[C@@H](C)NC(=O)[C@@H](C)N(Cc1ccc(F)cc1)C(=O)CCCN(c1ccc(Cl)cc1)S(C)(=O)=O. The van der Waals surface area contributed by atoms with Gasteiger partial charge in [-0.3, -0.25) is 13.9 Å². The van der Waals surface area contributed by atoms with E-state index in [-0.39, 0.29) is 43.8 Å². The normalized spacial score (nSPS) is 13.1. The lowest BCUT2D eigenvalue weighted by Crippen LogP contribution is -2.49. The quantitative estimate of drug-likeness (QED) is 0.446. The molecule has 0 aromatic heterocycles. The molecule has 0 fully saturated rings. The van der Waals surface area contributed by atoms with Crippen LogP contribution in [-0.2, 0) is 26.2 Å². The van der Waals surface area contributed by atoms with E-state index in [1.807, 2.05) is 13.8 Å². The predicted molar refractivity (Wildman–Crippen MR) is 137 cm³/mol. The number of hydrogen-bond donors (Lipinski definition) is 1. The number of carbonyl (C=O) groups is 2. The number of nitrogens with zero attached hydrogens (tertiary/aromatic N) is 2.